The van der Waals surface area contributed by atoms with E-state index in [0.717, 1.165) is 18.9 Å². The SMILES string of the molecule is CCCCCN1CC2CCC(O)C2C1. The summed E-state index contributed by atoms with van der Waals surface area (Å²) in [5, 5.41) is 9.76. The van der Waals surface area contributed by atoms with Crippen molar-refractivity contribution in [1.82, 2.24) is 4.90 Å². The van der Waals surface area contributed by atoms with Crippen LogP contribution in [0.15, 0.2) is 0 Å². The summed E-state index contributed by atoms with van der Waals surface area (Å²) in [6.07, 6.45) is 6.33. The van der Waals surface area contributed by atoms with Crippen molar-refractivity contribution in [3.63, 3.8) is 0 Å². The standard InChI is InChI=1S/C12H23NO/c1-2-3-4-7-13-8-10-5-6-12(14)11(10)9-13/h10-12,14H,2-9H2,1H3. The van der Waals surface area contributed by atoms with E-state index in [4.69, 9.17) is 0 Å². The number of likely N-dealkylation sites (tertiary alicyclic amines) is 1. The van der Waals surface area contributed by atoms with Crippen LogP contribution in [-0.2, 0) is 0 Å². The Morgan fingerprint density at radius 3 is 2.79 bits per heavy atom. The molecule has 3 atom stereocenters. The first kappa shape index (κ1) is 10.4. The predicted octanol–water partition coefficient (Wildman–Crippen LogP) is 1.88. The highest BCUT2D eigenvalue weighted by atomic mass is 16.3. The smallest absolute Gasteiger partial charge is 0.0583 e. The molecular weight excluding hydrogens is 174 g/mol. The van der Waals surface area contributed by atoms with Crippen molar-refractivity contribution in [3.8, 4) is 0 Å². The topological polar surface area (TPSA) is 23.5 Å². The van der Waals surface area contributed by atoms with Crippen LogP contribution >= 0.6 is 0 Å². The number of unbranched alkanes of at least 4 members (excludes halogenated alkanes) is 2. The first-order valence-electron chi connectivity index (χ1n) is 6.21. The summed E-state index contributed by atoms with van der Waals surface area (Å²) in [6.45, 7) is 5.93. The van der Waals surface area contributed by atoms with E-state index in [1.54, 1.807) is 0 Å². The zero-order chi connectivity index (χ0) is 9.97. The fourth-order valence-electron chi connectivity index (χ4n) is 3.10. The van der Waals surface area contributed by atoms with Gasteiger partial charge in [0, 0.05) is 19.0 Å². The molecule has 2 heteroatoms. The molecule has 2 fully saturated rings. The molecule has 1 aliphatic carbocycles. The van der Waals surface area contributed by atoms with Crippen molar-refractivity contribution in [1.29, 1.82) is 0 Å². The molecule has 1 aliphatic heterocycles. The van der Waals surface area contributed by atoms with Crippen LogP contribution in [0.1, 0.15) is 39.0 Å². The van der Waals surface area contributed by atoms with Crippen LogP contribution in [0.2, 0.25) is 0 Å². The lowest BCUT2D eigenvalue weighted by atomic mass is 10.00. The van der Waals surface area contributed by atoms with Gasteiger partial charge in [0.1, 0.15) is 0 Å². The summed E-state index contributed by atoms with van der Waals surface area (Å²) < 4.78 is 0. The first-order valence-corrected chi connectivity index (χ1v) is 6.21. The zero-order valence-electron chi connectivity index (χ0n) is 9.28. The molecule has 0 spiro atoms. The van der Waals surface area contributed by atoms with Crippen molar-refractivity contribution in [2.45, 2.75) is 45.1 Å². The maximum Gasteiger partial charge on any atom is 0.0583 e. The van der Waals surface area contributed by atoms with Crippen molar-refractivity contribution < 1.29 is 5.11 Å². The monoisotopic (exact) mass is 197 g/mol. The van der Waals surface area contributed by atoms with Gasteiger partial charge in [0.05, 0.1) is 6.10 Å². The van der Waals surface area contributed by atoms with E-state index < -0.39 is 0 Å². The van der Waals surface area contributed by atoms with Crippen LogP contribution in [0.3, 0.4) is 0 Å². The van der Waals surface area contributed by atoms with Crippen LogP contribution in [0, 0.1) is 11.8 Å². The molecule has 1 saturated carbocycles. The Hall–Kier alpha value is -0.0800. The molecule has 2 rings (SSSR count). The number of hydrogen-bond donors (Lipinski definition) is 1. The summed E-state index contributed by atoms with van der Waals surface area (Å²) in [6, 6.07) is 0. The molecule has 14 heavy (non-hydrogen) atoms. The fourth-order valence-corrected chi connectivity index (χ4v) is 3.10. The third kappa shape index (κ3) is 2.12. The van der Waals surface area contributed by atoms with E-state index >= 15 is 0 Å². The Kier molecular flexibility index (Phi) is 3.45. The maximum absolute atomic E-state index is 9.76. The molecule has 1 saturated heterocycles. The second-order valence-corrected chi connectivity index (χ2v) is 5.04. The second kappa shape index (κ2) is 4.63. The van der Waals surface area contributed by atoms with E-state index in [1.807, 2.05) is 0 Å². The summed E-state index contributed by atoms with van der Waals surface area (Å²) in [5.74, 6) is 1.42. The van der Waals surface area contributed by atoms with Crippen LogP contribution in [0.5, 0.6) is 0 Å². The van der Waals surface area contributed by atoms with E-state index in [-0.39, 0.29) is 6.10 Å². The van der Waals surface area contributed by atoms with Crippen molar-refractivity contribution in [3.05, 3.63) is 0 Å². The molecule has 82 valence electrons. The van der Waals surface area contributed by atoms with Gasteiger partial charge in [-0.15, -0.1) is 0 Å². The minimum absolute atomic E-state index is 0.0103. The van der Waals surface area contributed by atoms with Gasteiger partial charge in [-0.25, -0.2) is 0 Å². The molecule has 0 radical (unpaired) electrons. The van der Waals surface area contributed by atoms with Gasteiger partial charge in [-0.05, 0) is 31.7 Å². The minimum Gasteiger partial charge on any atom is -0.393 e. The lowest BCUT2D eigenvalue weighted by Crippen LogP contribution is -2.25. The summed E-state index contributed by atoms with van der Waals surface area (Å²) >= 11 is 0. The van der Waals surface area contributed by atoms with Crippen molar-refractivity contribution >= 4 is 0 Å². The zero-order valence-corrected chi connectivity index (χ0v) is 9.28. The van der Waals surface area contributed by atoms with Gasteiger partial charge in [0.25, 0.3) is 0 Å². The van der Waals surface area contributed by atoms with E-state index in [9.17, 15) is 5.11 Å². The van der Waals surface area contributed by atoms with Crippen molar-refractivity contribution in [2.75, 3.05) is 19.6 Å². The van der Waals surface area contributed by atoms with E-state index in [2.05, 4.69) is 11.8 Å². The van der Waals surface area contributed by atoms with E-state index in [1.165, 1.54) is 38.8 Å². The van der Waals surface area contributed by atoms with Gasteiger partial charge in [0.2, 0.25) is 0 Å². The summed E-state index contributed by atoms with van der Waals surface area (Å²) in [7, 11) is 0. The number of nitrogens with zero attached hydrogens (tertiary/aromatic N) is 1. The van der Waals surface area contributed by atoms with Crippen LogP contribution in [-0.4, -0.2) is 35.7 Å². The quantitative estimate of drug-likeness (QED) is 0.696. The third-order valence-corrected chi connectivity index (χ3v) is 3.97. The van der Waals surface area contributed by atoms with Crippen LogP contribution < -0.4 is 0 Å². The van der Waals surface area contributed by atoms with Gasteiger partial charge in [-0.3, -0.25) is 0 Å². The van der Waals surface area contributed by atoms with Gasteiger partial charge >= 0.3 is 0 Å². The number of rotatable bonds is 4. The highest BCUT2D eigenvalue weighted by Gasteiger charge is 2.41. The average molecular weight is 197 g/mol. The molecule has 0 bridgehead atoms. The molecular formula is C12H23NO. The number of aliphatic hydroxyl groups is 1. The Balaban J connectivity index is 1.72. The molecule has 1 N–H and O–H groups in total. The first-order chi connectivity index (χ1) is 6.81. The molecule has 0 aromatic carbocycles. The van der Waals surface area contributed by atoms with Crippen LogP contribution in [0.4, 0.5) is 0 Å². The summed E-state index contributed by atoms with van der Waals surface area (Å²) in [4.78, 5) is 2.56. The largest absolute Gasteiger partial charge is 0.393 e. The lowest BCUT2D eigenvalue weighted by molar-refractivity contribution is 0.124. The molecule has 0 amide bonds. The highest BCUT2D eigenvalue weighted by molar-refractivity contribution is 4.93. The van der Waals surface area contributed by atoms with Gasteiger partial charge in [0.15, 0.2) is 0 Å². The number of hydrogen-bond acceptors (Lipinski definition) is 2. The maximum atomic E-state index is 9.76. The average Bonchev–Trinajstić information content (AvgIpc) is 2.70. The highest BCUT2D eigenvalue weighted by Crippen LogP contribution is 2.37. The lowest BCUT2D eigenvalue weighted by Gasteiger charge is -2.17. The Morgan fingerprint density at radius 1 is 1.21 bits per heavy atom. The Labute approximate surface area is 87.3 Å². The Bertz CT molecular complexity index is 183. The van der Waals surface area contributed by atoms with Crippen LogP contribution in [0.25, 0.3) is 0 Å². The second-order valence-electron chi connectivity index (χ2n) is 5.04. The predicted molar refractivity (Wildman–Crippen MR) is 58.2 cm³/mol. The minimum atomic E-state index is 0.0103. The van der Waals surface area contributed by atoms with Crippen molar-refractivity contribution in [2.24, 2.45) is 11.8 Å². The number of aliphatic hydroxyl groups excluding tert-OH is 1. The van der Waals surface area contributed by atoms with Gasteiger partial charge in [-0.2, -0.15) is 0 Å². The molecule has 0 aromatic heterocycles. The fraction of sp³-hybridized carbons (Fsp3) is 1.00. The third-order valence-electron chi connectivity index (χ3n) is 3.97. The molecule has 3 unspecified atom stereocenters. The molecule has 1 heterocycles. The normalized spacial score (nSPS) is 37.7. The molecule has 0 aromatic rings. The molecule has 2 aliphatic rings. The van der Waals surface area contributed by atoms with Gasteiger partial charge < -0.3 is 10.0 Å². The number of fused-ring (bicyclic) bond motifs is 1. The van der Waals surface area contributed by atoms with E-state index in [0.29, 0.717) is 5.92 Å². The Morgan fingerprint density at radius 2 is 2.07 bits per heavy atom. The molecule has 2 nitrogen and oxygen atoms in total. The summed E-state index contributed by atoms with van der Waals surface area (Å²) in [5.41, 5.74) is 0. The van der Waals surface area contributed by atoms with Gasteiger partial charge in [-0.1, -0.05) is 19.8 Å².